The van der Waals surface area contributed by atoms with Crippen LogP contribution in [0.15, 0.2) is 36.5 Å². The predicted octanol–water partition coefficient (Wildman–Crippen LogP) is 2.24. The number of nitrogens with zero attached hydrogens (tertiary/aromatic N) is 1. The molecule has 0 fully saturated rings. The van der Waals surface area contributed by atoms with Crippen LogP contribution < -0.4 is 10.1 Å². The van der Waals surface area contributed by atoms with Crippen molar-refractivity contribution >= 4 is 10.9 Å². The van der Waals surface area contributed by atoms with E-state index in [1.54, 1.807) is 13.3 Å². The normalized spacial score (nSPS) is 10.8. The fourth-order valence-corrected chi connectivity index (χ4v) is 1.89. The Morgan fingerprint density at radius 1 is 1.11 bits per heavy atom. The quantitative estimate of drug-likeness (QED) is 0.739. The van der Waals surface area contributed by atoms with Crippen molar-refractivity contribution in [1.82, 2.24) is 10.3 Å². The minimum absolute atomic E-state index is 0.642. The second kappa shape index (κ2) is 7.71. The van der Waals surface area contributed by atoms with Gasteiger partial charge in [-0.2, -0.15) is 0 Å². The molecule has 2 rings (SSSR count). The van der Waals surface area contributed by atoms with Crippen molar-refractivity contribution in [2.24, 2.45) is 0 Å². The SMILES string of the molecule is COCCCNCCOc1cccc2cccnc12. The molecule has 0 unspecified atom stereocenters. The van der Waals surface area contributed by atoms with E-state index in [-0.39, 0.29) is 0 Å². The average Bonchev–Trinajstić information content (AvgIpc) is 2.46. The molecule has 1 aromatic carbocycles. The lowest BCUT2D eigenvalue weighted by Crippen LogP contribution is -2.22. The van der Waals surface area contributed by atoms with Gasteiger partial charge in [0.05, 0.1) is 0 Å². The standard InChI is InChI=1S/C15H20N2O2/c1-18-11-4-8-16-10-12-19-14-7-2-5-13-6-3-9-17-15(13)14/h2-3,5-7,9,16H,4,8,10-12H2,1H3. The highest BCUT2D eigenvalue weighted by molar-refractivity contribution is 5.84. The van der Waals surface area contributed by atoms with Gasteiger partial charge in [0.2, 0.25) is 0 Å². The van der Waals surface area contributed by atoms with Gasteiger partial charge < -0.3 is 14.8 Å². The zero-order valence-corrected chi connectivity index (χ0v) is 11.3. The molecule has 4 nitrogen and oxygen atoms in total. The lowest BCUT2D eigenvalue weighted by molar-refractivity contribution is 0.193. The summed E-state index contributed by atoms with van der Waals surface area (Å²) < 4.78 is 10.8. The van der Waals surface area contributed by atoms with Crippen LogP contribution in [-0.2, 0) is 4.74 Å². The van der Waals surface area contributed by atoms with Gasteiger partial charge in [-0.05, 0) is 25.1 Å². The summed E-state index contributed by atoms with van der Waals surface area (Å²) in [6.45, 7) is 3.21. The number of rotatable bonds is 8. The third-order valence-electron chi connectivity index (χ3n) is 2.83. The summed E-state index contributed by atoms with van der Waals surface area (Å²) in [5.41, 5.74) is 0.921. The van der Waals surface area contributed by atoms with Crippen molar-refractivity contribution in [3.05, 3.63) is 36.5 Å². The number of pyridine rings is 1. The molecule has 102 valence electrons. The first-order chi connectivity index (χ1) is 9.42. The summed E-state index contributed by atoms with van der Waals surface area (Å²) in [7, 11) is 1.72. The summed E-state index contributed by atoms with van der Waals surface area (Å²) in [5.74, 6) is 0.844. The molecule has 0 radical (unpaired) electrons. The van der Waals surface area contributed by atoms with Gasteiger partial charge in [0.15, 0.2) is 0 Å². The third-order valence-corrected chi connectivity index (χ3v) is 2.83. The molecular formula is C15H20N2O2. The van der Waals surface area contributed by atoms with Crippen molar-refractivity contribution in [2.75, 3.05) is 33.4 Å². The Balaban J connectivity index is 1.78. The zero-order valence-electron chi connectivity index (χ0n) is 11.3. The van der Waals surface area contributed by atoms with Crippen LogP contribution >= 0.6 is 0 Å². The Kier molecular flexibility index (Phi) is 5.59. The molecule has 0 atom stereocenters. The summed E-state index contributed by atoms with van der Waals surface area (Å²) in [6.07, 6.45) is 2.81. The van der Waals surface area contributed by atoms with Crippen LogP contribution in [0.3, 0.4) is 0 Å². The maximum absolute atomic E-state index is 5.77. The van der Waals surface area contributed by atoms with Crippen LogP contribution in [-0.4, -0.2) is 38.4 Å². The summed E-state index contributed by atoms with van der Waals surface area (Å²) in [4.78, 5) is 4.36. The number of para-hydroxylation sites is 1. The number of aromatic nitrogens is 1. The van der Waals surface area contributed by atoms with E-state index < -0.39 is 0 Å². The van der Waals surface area contributed by atoms with Gasteiger partial charge in [-0.1, -0.05) is 18.2 Å². The molecule has 1 N–H and O–H groups in total. The number of hydrogen-bond donors (Lipinski definition) is 1. The van der Waals surface area contributed by atoms with Crippen LogP contribution in [0, 0.1) is 0 Å². The molecule has 0 aliphatic heterocycles. The van der Waals surface area contributed by atoms with Crippen LogP contribution in [0.25, 0.3) is 10.9 Å². The molecule has 0 aliphatic carbocycles. The first-order valence-corrected chi connectivity index (χ1v) is 6.58. The number of ether oxygens (including phenoxy) is 2. The molecule has 0 saturated carbocycles. The molecule has 4 heteroatoms. The Labute approximate surface area is 113 Å². The minimum Gasteiger partial charge on any atom is -0.490 e. The van der Waals surface area contributed by atoms with E-state index in [4.69, 9.17) is 9.47 Å². The highest BCUT2D eigenvalue weighted by Gasteiger charge is 2.01. The fourth-order valence-electron chi connectivity index (χ4n) is 1.89. The van der Waals surface area contributed by atoms with Crippen LogP contribution in [0.2, 0.25) is 0 Å². The molecule has 19 heavy (non-hydrogen) atoms. The van der Waals surface area contributed by atoms with Crippen LogP contribution in [0.1, 0.15) is 6.42 Å². The van der Waals surface area contributed by atoms with Gasteiger partial charge in [-0.25, -0.2) is 0 Å². The topological polar surface area (TPSA) is 43.4 Å². The monoisotopic (exact) mass is 260 g/mol. The Bertz CT molecular complexity index is 497. The van der Waals surface area contributed by atoms with E-state index in [2.05, 4.69) is 10.3 Å². The van der Waals surface area contributed by atoms with Crippen molar-refractivity contribution < 1.29 is 9.47 Å². The first-order valence-electron chi connectivity index (χ1n) is 6.58. The van der Waals surface area contributed by atoms with E-state index >= 15 is 0 Å². The molecule has 1 heterocycles. The number of benzene rings is 1. The molecule has 0 spiro atoms. The second-order valence-corrected chi connectivity index (χ2v) is 4.28. The lowest BCUT2D eigenvalue weighted by Gasteiger charge is -2.09. The molecule has 0 saturated heterocycles. The van der Waals surface area contributed by atoms with E-state index in [1.165, 1.54) is 0 Å². The Hall–Kier alpha value is -1.65. The van der Waals surface area contributed by atoms with Gasteiger partial charge in [0.25, 0.3) is 0 Å². The predicted molar refractivity (Wildman–Crippen MR) is 76.6 cm³/mol. The zero-order chi connectivity index (χ0) is 13.3. The van der Waals surface area contributed by atoms with E-state index in [1.807, 2.05) is 30.3 Å². The van der Waals surface area contributed by atoms with Crippen LogP contribution in [0.4, 0.5) is 0 Å². The van der Waals surface area contributed by atoms with Gasteiger partial charge in [0, 0.05) is 31.8 Å². The van der Waals surface area contributed by atoms with Crippen molar-refractivity contribution in [3.63, 3.8) is 0 Å². The maximum Gasteiger partial charge on any atom is 0.145 e. The number of methoxy groups -OCH3 is 1. The second-order valence-electron chi connectivity index (χ2n) is 4.28. The highest BCUT2D eigenvalue weighted by Crippen LogP contribution is 2.22. The van der Waals surface area contributed by atoms with Crippen LogP contribution in [0.5, 0.6) is 5.75 Å². The third kappa shape index (κ3) is 4.19. The lowest BCUT2D eigenvalue weighted by atomic mass is 10.2. The molecule has 0 amide bonds. The largest absolute Gasteiger partial charge is 0.490 e. The van der Waals surface area contributed by atoms with Gasteiger partial charge in [-0.3, -0.25) is 4.98 Å². The smallest absolute Gasteiger partial charge is 0.145 e. The molecular weight excluding hydrogens is 240 g/mol. The maximum atomic E-state index is 5.77. The Morgan fingerprint density at radius 2 is 2.00 bits per heavy atom. The molecule has 0 bridgehead atoms. The number of fused-ring (bicyclic) bond motifs is 1. The van der Waals surface area contributed by atoms with E-state index in [9.17, 15) is 0 Å². The van der Waals surface area contributed by atoms with E-state index in [0.717, 1.165) is 42.8 Å². The molecule has 0 aliphatic rings. The molecule has 2 aromatic rings. The van der Waals surface area contributed by atoms with Crippen molar-refractivity contribution in [1.29, 1.82) is 0 Å². The van der Waals surface area contributed by atoms with Crippen molar-refractivity contribution in [2.45, 2.75) is 6.42 Å². The Morgan fingerprint density at radius 3 is 2.89 bits per heavy atom. The highest BCUT2D eigenvalue weighted by atomic mass is 16.5. The fraction of sp³-hybridized carbons (Fsp3) is 0.400. The van der Waals surface area contributed by atoms with Crippen molar-refractivity contribution in [3.8, 4) is 5.75 Å². The minimum atomic E-state index is 0.642. The summed E-state index contributed by atoms with van der Waals surface area (Å²) in [6, 6.07) is 9.96. The van der Waals surface area contributed by atoms with Gasteiger partial charge in [0.1, 0.15) is 17.9 Å². The molecule has 1 aromatic heterocycles. The average molecular weight is 260 g/mol. The summed E-state index contributed by atoms with van der Waals surface area (Å²) in [5, 5.41) is 4.42. The van der Waals surface area contributed by atoms with Gasteiger partial charge in [-0.15, -0.1) is 0 Å². The number of hydrogen-bond acceptors (Lipinski definition) is 4. The van der Waals surface area contributed by atoms with Gasteiger partial charge >= 0.3 is 0 Å². The summed E-state index contributed by atoms with van der Waals surface area (Å²) >= 11 is 0. The number of nitrogens with one attached hydrogen (secondary N) is 1. The van der Waals surface area contributed by atoms with E-state index in [0.29, 0.717) is 6.61 Å². The first kappa shape index (κ1) is 13.8.